The van der Waals surface area contributed by atoms with Gasteiger partial charge in [-0.1, -0.05) is 96.5 Å². The minimum atomic E-state index is -0.552. The summed E-state index contributed by atoms with van der Waals surface area (Å²) in [4.78, 5) is 0. The summed E-state index contributed by atoms with van der Waals surface area (Å²) < 4.78 is 6.67. The van der Waals surface area contributed by atoms with Crippen molar-refractivity contribution >= 4 is 11.6 Å². The second-order valence-corrected chi connectivity index (χ2v) is 9.33. The lowest BCUT2D eigenvalue weighted by molar-refractivity contribution is 0.438. The summed E-state index contributed by atoms with van der Waals surface area (Å²) in [6, 6.07) is 39.3. The minimum absolute atomic E-state index is 0.552. The third-order valence-corrected chi connectivity index (χ3v) is 7.58. The van der Waals surface area contributed by atoms with E-state index in [1.165, 1.54) is 11.1 Å². The van der Waals surface area contributed by atoms with Gasteiger partial charge >= 0.3 is 0 Å². The van der Waals surface area contributed by atoms with E-state index in [2.05, 4.69) is 66.7 Å². The highest BCUT2D eigenvalue weighted by Crippen LogP contribution is 2.63. The molecule has 1 atom stereocenters. The Hall–Kier alpha value is -4.32. The highest BCUT2D eigenvalue weighted by molar-refractivity contribution is 6.34. The lowest BCUT2D eigenvalue weighted by atomic mass is 9.65. The van der Waals surface area contributed by atoms with Crippen LogP contribution in [0, 0.1) is 11.3 Å². The first-order valence-electron chi connectivity index (χ1n) is 11.5. The van der Waals surface area contributed by atoms with Gasteiger partial charge in [0, 0.05) is 27.3 Å². The molecule has 2 aliphatic rings. The molecule has 1 heterocycles. The fourth-order valence-electron chi connectivity index (χ4n) is 5.88. The summed E-state index contributed by atoms with van der Waals surface area (Å²) in [7, 11) is 0. The van der Waals surface area contributed by atoms with Gasteiger partial charge in [0.15, 0.2) is 0 Å². The first kappa shape index (κ1) is 20.1. The van der Waals surface area contributed by atoms with E-state index in [1.54, 1.807) is 0 Å². The van der Waals surface area contributed by atoms with Gasteiger partial charge in [-0.3, -0.25) is 0 Å². The second-order valence-electron chi connectivity index (χ2n) is 8.93. The molecule has 0 saturated carbocycles. The molecule has 0 aromatic heterocycles. The smallest absolute Gasteiger partial charge is 0.140 e. The summed E-state index contributed by atoms with van der Waals surface area (Å²) in [5.74, 6) is 1.67. The number of fused-ring (bicyclic) bond motifs is 9. The van der Waals surface area contributed by atoms with Crippen LogP contribution < -0.4 is 4.74 Å². The highest BCUT2D eigenvalue weighted by Gasteiger charge is 2.51. The molecule has 2 nitrogen and oxygen atoms in total. The highest BCUT2D eigenvalue weighted by atomic mass is 35.5. The van der Waals surface area contributed by atoms with Crippen molar-refractivity contribution in [3.05, 3.63) is 142 Å². The third-order valence-electron chi connectivity index (χ3n) is 7.27. The molecule has 0 saturated heterocycles. The van der Waals surface area contributed by atoms with Gasteiger partial charge in [0.2, 0.25) is 0 Å². The van der Waals surface area contributed by atoms with Gasteiger partial charge in [-0.15, -0.1) is 0 Å². The SMILES string of the molecule is N#Cc1ccc(-c2cccc3c2Oc2ccccc2C32c3ccccc3-c3c(Cl)cccc32)cc1. The van der Waals surface area contributed by atoms with Crippen LogP contribution in [0.4, 0.5) is 0 Å². The van der Waals surface area contributed by atoms with Crippen LogP contribution in [0.1, 0.15) is 27.8 Å². The predicted molar refractivity (Wildman–Crippen MR) is 139 cm³/mol. The fourth-order valence-corrected chi connectivity index (χ4v) is 6.15. The average molecular weight is 468 g/mol. The summed E-state index contributed by atoms with van der Waals surface area (Å²) >= 11 is 6.85. The number of para-hydroxylation sites is 2. The Bertz CT molecular complexity index is 1700. The van der Waals surface area contributed by atoms with Crippen LogP contribution in [0.3, 0.4) is 0 Å². The van der Waals surface area contributed by atoms with E-state index >= 15 is 0 Å². The normalized spacial score (nSPS) is 16.5. The molecule has 0 fully saturated rings. The fraction of sp³-hybridized carbons (Fsp3) is 0.0312. The van der Waals surface area contributed by atoms with Crippen molar-refractivity contribution in [2.75, 3.05) is 0 Å². The maximum Gasteiger partial charge on any atom is 0.140 e. The van der Waals surface area contributed by atoms with Crippen molar-refractivity contribution in [1.82, 2.24) is 0 Å². The Morgan fingerprint density at radius 3 is 2.11 bits per heavy atom. The zero-order chi connectivity index (χ0) is 23.6. The molecule has 5 aromatic rings. The molecule has 1 unspecified atom stereocenters. The Morgan fingerprint density at radius 2 is 1.29 bits per heavy atom. The molecule has 0 bridgehead atoms. The molecule has 3 heteroatoms. The topological polar surface area (TPSA) is 33.0 Å². The molecule has 1 spiro atoms. The second kappa shape index (κ2) is 7.34. The van der Waals surface area contributed by atoms with Crippen LogP contribution in [0.2, 0.25) is 5.02 Å². The molecule has 164 valence electrons. The molecular weight excluding hydrogens is 450 g/mol. The first-order chi connectivity index (χ1) is 17.2. The number of halogens is 1. The molecule has 5 aromatic carbocycles. The van der Waals surface area contributed by atoms with Crippen LogP contribution in [-0.2, 0) is 5.41 Å². The molecule has 0 amide bonds. The van der Waals surface area contributed by atoms with Gasteiger partial charge in [-0.2, -0.15) is 5.26 Å². The summed E-state index contributed by atoms with van der Waals surface area (Å²) in [5, 5.41) is 10.0. The molecule has 35 heavy (non-hydrogen) atoms. The largest absolute Gasteiger partial charge is 0.456 e. The van der Waals surface area contributed by atoms with Crippen molar-refractivity contribution in [1.29, 1.82) is 5.26 Å². The van der Waals surface area contributed by atoms with E-state index < -0.39 is 5.41 Å². The maximum atomic E-state index is 9.26. The van der Waals surface area contributed by atoms with Gasteiger partial charge in [0.1, 0.15) is 11.5 Å². The van der Waals surface area contributed by atoms with E-state index in [0.717, 1.165) is 49.9 Å². The molecular formula is C32H18ClNO. The number of nitrogens with zero attached hydrogens (tertiary/aromatic N) is 1. The van der Waals surface area contributed by atoms with Crippen molar-refractivity contribution in [2.24, 2.45) is 0 Å². The van der Waals surface area contributed by atoms with Crippen molar-refractivity contribution in [2.45, 2.75) is 5.41 Å². The molecule has 0 radical (unpaired) electrons. The molecule has 1 aliphatic heterocycles. The standard InChI is InChI=1S/C32H18ClNO/c33-28-13-6-11-26-30(28)23-7-1-2-9-24(23)32(26)25-10-3-4-14-29(25)35-31-22(8-5-12-27(31)32)21-17-15-20(19-34)16-18-21/h1-18H. The average Bonchev–Trinajstić information content (AvgIpc) is 3.21. The van der Waals surface area contributed by atoms with Gasteiger partial charge < -0.3 is 4.74 Å². The number of benzene rings is 5. The van der Waals surface area contributed by atoms with Crippen molar-refractivity contribution < 1.29 is 4.74 Å². The van der Waals surface area contributed by atoms with Gasteiger partial charge in [-0.25, -0.2) is 0 Å². The molecule has 7 rings (SSSR count). The van der Waals surface area contributed by atoms with E-state index in [-0.39, 0.29) is 0 Å². The zero-order valence-electron chi connectivity index (χ0n) is 18.6. The predicted octanol–water partition coefficient (Wildman–Crippen LogP) is 8.35. The molecule has 1 aliphatic carbocycles. The number of nitriles is 1. The third kappa shape index (κ3) is 2.59. The van der Waals surface area contributed by atoms with Crippen LogP contribution in [-0.4, -0.2) is 0 Å². The number of ether oxygens (including phenoxy) is 1. The van der Waals surface area contributed by atoms with E-state index in [1.807, 2.05) is 48.5 Å². The lowest BCUT2D eigenvalue weighted by Crippen LogP contribution is -2.32. The molecule has 0 N–H and O–H groups in total. The Morgan fingerprint density at radius 1 is 0.629 bits per heavy atom. The summed E-state index contributed by atoms with van der Waals surface area (Å²) in [6.45, 7) is 0. The summed E-state index contributed by atoms with van der Waals surface area (Å²) in [6.07, 6.45) is 0. The van der Waals surface area contributed by atoms with Crippen LogP contribution in [0.15, 0.2) is 109 Å². The van der Waals surface area contributed by atoms with E-state index in [9.17, 15) is 5.26 Å². The van der Waals surface area contributed by atoms with Crippen molar-refractivity contribution in [3.8, 4) is 39.8 Å². The zero-order valence-corrected chi connectivity index (χ0v) is 19.4. The first-order valence-corrected chi connectivity index (χ1v) is 11.9. The van der Waals surface area contributed by atoms with Gasteiger partial charge in [0.05, 0.1) is 17.0 Å². The van der Waals surface area contributed by atoms with Crippen LogP contribution >= 0.6 is 11.6 Å². The minimum Gasteiger partial charge on any atom is -0.456 e. The maximum absolute atomic E-state index is 9.26. The van der Waals surface area contributed by atoms with Crippen LogP contribution in [0.5, 0.6) is 11.5 Å². The number of rotatable bonds is 1. The Kier molecular flexibility index (Phi) is 4.21. The monoisotopic (exact) mass is 467 g/mol. The van der Waals surface area contributed by atoms with Crippen LogP contribution in [0.25, 0.3) is 22.3 Å². The lowest BCUT2D eigenvalue weighted by Gasteiger charge is -2.40. The quantitative estimate of drug-likeness (QED) is 0.243. The van der Waals surface area contributed by atoms with E-state index in [4.69, 9.17) is 16.3 Å². The van der Waals surface area contributed by atoms with E-state index in [0.29, 0.717) is 5.56 Å². The summed E-state index contributed by atoms with van der Waals surface area (Å²) in [5.41, 5.74) is 8.89. The Balaban J connectivity index is 1.62. The number of hydrogen-bond donors (Lipinski definition) is 0. The van der Waals surface area contributed by atoms with Gasteiger partial charge in [0.25, 0.3) is 0 Å². The number of hydrogen-bond acceptors (Lipinski definition) is 2. The Labute approximate surface area is 208 Å². The van der Waals surface area contributed by atoms with Crippen molar-refractivity contribution in [3.63, 3.8) is 0 Å². The van der Waals surface area contributed by atoms with Gasteiger partial charge in [-0.05, 0) is 46.5 Å².